The summed E-state index contributed by atoms with van der Waals surface area (Å²) in [6, 6.07) is 19.5. The van der Waals surface area contributed by atoms with Gasteiger partial charge < -0.3 is 19.8 Å². The summed E-state index contributed by atoms with van der Waals surface area (Å²) in [5.41, 5.74) is 2.08. The predicted octanol–water partition coefficient (Wildman–Crippen LogP) is 3.71. The van der Waals surface area contributed by atoms with Crippen molar-refractivity contribution in [3.8, 4) is 11.5 Å². The van der Waals surface area contributed by atoms with Crippen LogP contribution in [0.4, 0.5) is 5.69 Å². The molecule has 28 heavy (non-hydrogen) atoms. The van der Waals surface area contributed by atoms with Crippen LogP contribution in [-0.4, -0.2) is 24.6 Å². The molecule has 2 N–H and O–H groups in total. The van der Waals surface area contributed by atoms with Gasteiger partial charge in [-0.25, -0.2) is 0 Å². The van der Waals surface area contributed by atoms with Crippen molar-refractivity contribution in [2.45, 2.75) is 0 Å². The van der Waals surface area contributed by atoms with Crippen molar-refractivity contribution in [2.24, 2.45) is 0 Å². The smallest absolute Gasteiger partial charge is 0.262 e. The normalized spacial score (nSPS) is 10.8. The van der Waals surface area contributed by atoms with Gasteiger partial charge in [0.1, 0.15) is 11.5 Å². The van der Waals surface area contributed by atoms with Gasteiger partial charge in [0.2, 0.25) is 0 Å². The Morgan fingerprint density at radius 1 is 0.929 bits per heavy atom. The highest BCUT2D eigenvalue weighted by molar-refractivity contribution is 5.93. The number of benzene rings is 3. The fraction of sp³-hybridized carbons (Fsp3) is 0.0909. The molecule has 6 nitrogen and oxygen atoms in total. The van der Waals surface area contributed by atoms with Gasteiger partial charge in [0.15, 0.2) is 12.0 Å². The second-order valence-corrected chi connectivity index (χ2v) is 6.27. The number of ether oxygens (including phenoxy) is 2. The number of carbonyl (C=O) groups excluding carboxylic acids is 1. The van der Waals surface area contributed by atoms with Crippen molar-refractivity contribution in [2.75, 3.05) is 19.0 Å². The zero-order valence-electron chi connectivity index (χ0n) is 15.2. The molecular weight excluding hydrogens is 356 g/mol. The van der Waals surface area contributed by atoms with Crippen LogP contribution < -0.4 is 20.2 Å². The molecule has 0 unspecified atom stereocenters. The first-order valence-electron chi connectivity index (χ1n) is 8.75. The molecule has 1 heterocycles. The Morgan fingerprint density at radius 2 is 1.64 bits per heavy atom. The van der Waals surface area contributed by atoms with E-state index in [4.69, 9.17) is 9.47 Å². The van der Waals surface area contributed by atoms with E-state index in [9.17, 15) is 9.59 Å². The van der Waals surface area contributed by atoms with Gasteiger partial charge in [-0.05, 0) is 54.6 Å². The molecule has 0 radical (unpaired) electrons. The Hall–Kier alpha value is -3.80. The predicted molar refractivity (Wildman–Crippen MR) is 109 cm³/mol. The maximum atomic E-state index is 12.7. The molecule has 0 aliphatic carbocycles. The molecule has 0 saturated carbocycles. The van der Waals surface area contributed by atoms with E-state index in [1.54, 1.807) is 55.6 Å². The summed E-state index contributed by atoms with van der Waals surface area (Å²) in [6.07, 6.45) is 0. The summed E-state index contributed by atoms with van der Waals surface area (Å²) in [5.74, 6) is 0.874. The minimum Gasteiger partial charge on any atom is -0.497 e. The van der Waals surface area contributed by atoms with Crippen LogP contribution in [-0.2, 0) is 4.79 Å². The van der Waals surface area contributed by atoms with Gasteiger partial charge in [0, 0.05) is 22.0 Å². The van der Waals surface area contributed by atoms with Crippen LogP contribution in [0.15, 0.2) is 71.5 Å². The first-order valence-corrected chi connectivity index (χ1v) is 8.75. The largest absolute Gasteiger partial charge is 0.497 e. The SMILES string of the molecule is COc1ccc(NC(=O)COc2ccc3[nH]c4ccccc4c(=O)c3c2)cc1. The van der Waals surface area contributed by atoms with E-state index < -0.39 is 0 Å². The van der Waals surface area contributed by atoms with E-state index >= 15 is 0 Å². The third-order valence-electron chi connectivity index (χ3n) is 4.42. The van der Waals surface area contributed by atoms with Crippen LogP contribution in [0.2, 0.25) is 0 Å². The average Bonchev–Trinajstić information content (AvgIpc) is 2.73. The second-order valence-electron chi connectivity index (χ2n) is 6.27. The molecule has 1 amide bonds. The highest BCUT2D eigenvalue weighted by atomic mass is 16.5. The van der Waals surface area contributed by atoms with Gasteiger partial charge in [0.25, 0.3) is 5.91 Å². The first kappa shape index (κ1) is 17.6. The molecule has 0 fully saturated rings. The number of nitrogens with one attached hydrogen (secondary N) is 2. The average molecular weight is 374 g/mol. The second kappa shape index (κ2) is 7.44. The van der Waals surface area contributed by atoms with Crippen LogP contribution in [0.1, 0.15) is 0 Å². The number of aromatic amines is 1. The van der Waals surface area contributed by atoms with Crippen LogP contribution >= 0.6 is 0 Å². The van der Waals surface area contributed by atoms with E-state index in [2.05, 4.69) is 10.3 Å². The minimum absolute atomic E-state index is 0.0718. The number of H-pyrrole nitrogens is 1. The topological polar surface area (TPSA) is 80.4 Å². The Bertz CT molecular complexity index is 1210. The molecular formula is C22H18N2O4. The lowest BCUT2D eigenvalue weighted by Crippen LogP contribution is -2.20. The van der Waals surface area contributed by atoms with Gasteiger partial charge in [-0.2, -0.15) is 0 Å². The summed E-state index contributed by atoms with van der Waals surface area (Å²) in [6.45, 7) is -0.164. The molecule has 0 saturated heterocycles. The molecule has 4 aromatic rings. The number of methoxy groups -OCH3 is 1. The van der Waals surface area contributed by atoms with E-state index in [-0.39, 0.29) is 17.9 Å². The summed E-state index contributed by atoms with van der Waals surface area (Å²) in [7, 11) is 1.58. The number of rotatable bonds is 5. The van der Waals surface area contributed by atoms with Crippen molar-refractivity contribution in [1.82, 2.24) is 4.98 Å². The van der Waals surface area contributed by atoms with Crippen LogP contribution in [0.25, 0.3) is 21.8 Å². The number of hydrogen-bond donors (Lipinski definition) is 2. The zero-order valence-corrected chi connectivity index (χ0v) is 15.2. The highest BCUT2D eigenvalue weighted by Crippen LogP contribution is 2.20. The molecule has 0 bridgehead atoms. The quantitative estimate of drug-likeness (QED) is 0.522. The van der Waals surface area contributed by atoms with E-state index in [1.165, 1.54) is 0 Å². The van der Waals surface area contributed by atoms with Crippen molar-refractivity contribution >= 4 is 33.4 Å². The lowest BCUT2D eigenvalue weighted by Gasteiger charge is -2.09. The number of fused-ring (bicyclic) bond motifs is 2. The van der Waals surface area contributed by atoms with E-state index in [0.717, 1.165) is 11.0 Å². The molecule has 0 atom stereocenters. The van der Waals surface area contributed by atoms with Gasteiger partial charge >= 0.3 is 0 Å². The maximum Gasteiger partial charge on any atom is 0.262 e. The fourth-order valence-corrected chi connectivity index (χ4v) is 3.01. The highest BCUT2D eigenvalue weighted by Gasteiger charge is 2.08. The van der Waals surface area contributed by atoms with Crippen molar-refractivity contribution in [3.05, 3.63) is 77.0 Å². The molecule has 0 spiro atoms. The molecule has 4 rings (SSSR count). The number of carbonyl (C=O) groups is 1. The molecule has 0 aliphatic heterocycles. The van der Waals surface area contributed by atoms with E-state index in [1.807, 2.05) is 18.2 Å². The summed E-state index contributed by atoms with van der Waals surface area (Å²) in [5, 5.41) is 3.88. The zero-order chi connectivity index (χ0) is 19.5. The van der Waals surface area contributed by atoms with Crippen molar-refractivity contribution < 1.29 is 14.3 Å². The number of amides is 1. The van der Waals surface area contributed by atoms with Crippen LogP contribution in [0, 0.1) is 0 Å². The molecule has 3 aromatic carbocycles. The standard InChI is InChI=1S/C22H18N2O4/c1-27-15-8-6-14(7-9-15)23-21(25)13-28-16-10-11-20-18(12-16)22(26)17-4-2-3-5-19(17)24-20/h2-12H,13H2,1H3,(H,23,25)(H,24,26). The van der Waals surface area contributed by atoms with Gasteiger partial charge in [-0.15, -0.1) is 0 Å². The van der Waals surface area contributed by atoms with Crippen molar-refractivity contribution in [3.63, 3.8) is 0 Å². The first-order chi connectivity index (χ1) is 13.6. The number of hydrogen-bond acceptors (Lipinski definition) is 4. The lowest BCUT2D eigenvalue weighted by atomic mass is 10.1. The number of pyridine rings is 1. The van der Waals surface area contributed by atoms with Gasteiger partial charge in [-0.1, -0.05) is 12.1 Å². The van der Waals surface area contributed by atoms with Gasteiger partial charge in [0.05, 0.1) is 12.6 Å². The van der Waals surface area contributed by atoms with Crippen molar-refractivity contribution in [1.29, 1.82) is 0 Å². The molecule has 140 valence electrons. The number of aromatic nitrogens is 1. The third kappa shape index (κ3) is 3.53. The fourth-order valence-electron chi connectivity index (χ4n) is 3.01. The Kier molecular flexibility index (Phi) is 4.68. The monoisotopic (exact) mass is 374 g/mol. The summed E-state index contributed by atoms with van der Waals surface area (Å²) >= 11 is 0. The minimum atomic E-state index is -0.294. The van der Waals surface area contributed by atoms with Gasteiger partial charge in [-0.3, -0.25) is 9.59 Å². The molecule has 0 aliphatic rings. The molecule has 1 aromatic heterocycles. The molecule has 6 heteroatoms. The third-order valence-corrected chi connectivity index (χ3v) is 4.42. The van der Waals surface area contributed by atoms with Crippen LogP contribution in [0.5, 0.6) is 11.5 Å². The Balaban J connectivity index is 1.49. The van der Waals surface area contributed by atoms with E-state index in [0.29, 0.717) is 28.0 Å². The summed E-state index contributed by atoms with van der Waals surface area (Å²) < 4.78 is 10.7. The maximum absolute atomic E-state index is 12.7. The Morgan fingerprint density at radius 3 is 2.43 bits per heavy atom. The van der Waals surface area contributed by atoms with Crippen LogP contribution in [0.3, 0.4) is 0 Å². The Labute approximate surface area is 160 Å². The lowest BCUT2D eigenvalue weighted by molar-refractivity contribution is -0.118. The summed E-state index contributed by atoms with van der Waals surface area (Å²) in [4.78, 5) is 28.1. The number of para-hydroxylation sites is 1. The number of anilines is 1.